The Bertz CT molecular complexity index is 383. The Morgan fingerprint density at radius 3 is 2.67 bits per heavy atom. The number of carbonyl (C=O) groups excluding carboxylic acids is 1. The first kappa shape index (κ1) is 10.7. The average molecular weight is 268 g/mol. The van der Waals surface area contributed by atoms with Crippen LogP contribution in [-0.4, -0.2) is 23.9 Å². The molecule has 1 aliphatic heterocycles. The van der Waals surface area contributed by atoms with Crippen LogP contribution in [0.25, 0.3) is 0 Å². The smallest absolute Gasteiger partial charge is 0.254 e. The first-order valence-corrected chi connectivity index (χ1v) is 6.04. The number of halogens is 1. The molecule has 2 rings (SSSR count). The molecule has 2 nitrogen and oxygen atoms in total. The molecule has 15 heavy (non-hydrogen) atoms. The Morgan fingerprint density at radius 2 is 2.00 bits per heavy atom. The standard InChI is InChI=1S/C12H14BrNO/c1-9-10(5-4-6-11(9)13)12(15)14-7-2-3-8-14/h4-6H,2-3,7-8H2,1H3. The molecule has 0 aliphatic carbocycles. The maximum atomic E-state index is 12.1. The summed E-state index contributed by atoms with van der Waals surface area (Å²) in [6.45, 7) is 3.79. The number of likely N-dealkylation sites (tertiary alicyclic amines) is 1. The molecule has 0 aromatic heterocycles. The zero-order valence-corrected chi connectivity index (χ0v) is 10.4. The van der Waals surface area contributed by atoms with Gasteiger partial charge in [-0.05, 0) is 37.5 Å². The lowest BCUT2D eigenvalue weighted by Gasteiger charge is -2.17. The van der Waals surface area contributed by atoms with Crippen LogP contribution < -0.4 is 0 Å². The molecule has 0 unspecified atom stereocenters. The second kappa shape index (κ2) is 4.35. The third-order valence-electron chi connectivity index (χ3n) is 2.89. The van der Waals surface area contributed by atoms with Crippen LogP contribution in [-0.2, 0) is 0 Å². The fourth-order valence-corrected chi connectivity index (χ4v) is 2.30. The van der Waals surface area contributed by atoms with Gasteiger partial charge in [0.1, 0.15) is 0 Å². The van der Waals surface area contributed by atoms with Gasteiger partial charge < -0.3 is 4.90 Å². The number of rotatable bonds is 1. The molecule has 3 heteroatoms. The van der Waals surface area contributed by atoms with Crippen molar-refractivity contribution in [1.82, 2.24) is 4.90 Å². The SMILES string of the molecule is Cc1c(Br)cccc1C(=O)N1CCCC1. The van der Waals surface area contributed by atoms with Crippen LogP contribution in [0.1, 0.15) is 28.8 Å². The molecule has 1 heterocycles. The van der Waals surface area contributed by atoms with Crippen molar-refractivity contribution in [2.24, 2.45) is 0 Å². The fourth-order valence-electron chi connectivity index (χ4n) is 1.93. The van der Waals surface area contributed by atoms with E-state index >= 15 is 0 Å². The number of hydrogen-bond donors (Lipinski definition) is 0. The Hall–Kier alpha value is -0.830. The molecule has 1 aliphatic rings. The molecule has 1 amide bonds. The minimum absolute atomic E-state index is 0.173. The molecule has 0 N–H and O–H groups in total. The van der Waals surface area contributed by atoms with Gasteiger partial charge in [-0.25, -0.2) is 0 Å². The summed E-state index contributed by atoms with van der Waals surface area (Å²) in [5.41, 5.74) is 1.86. The molecule has 1 saturated heterocycles. The molecule has 80 valence electrons. The predicted octanol–water partition coefficient (Wildman–Crippen LogP) is 2.99. The topological polar surface area (TPSA) is 20.3 Å². The summed E-state index contributed by atoms with van der Waals surface area (Å²) in [6.07, 6.45) is 2.28. The molecule has 1 aromatic rings. The summed E-state index contributed by atoms with van der Waals surface area (Å²) >= 11 is 3.45. The van der Waals surface area contributed by atoms with E-state index in [-0.39, 0.29) is 5.91 Å². The van der Waals surface area contributed by atoms with E-state index < -0.39 is 0 Å². The van der Waals surface area contributed by atoms with Crippen molar-refractivity contribution in [1.29, 1.82) is 0 Å². The Kier molecular flexibility index (Phi) is 3.10. The van der Waals surface area contributed by atoms with Crippen LogP contribution in [0.15, 0.2) is 22.7 Å². The van der Waals surface area contributed by atoms with Gasteiger partial charge in [-0.3, -0.25) is 4.79 Å². The summed E-state index contributed by atoms with van der Waals surface area (Å²) in [6, 6.07) is 5.79. The third-order valence-corrected chi connectivity index (χ3v) is 3.75. The van der Waals surface area contributed by atoms with Crippen molar-refractivity contribution in [3.05, 3.63) is 33.8 Å². The second-order valence-electron chi connectivity index (χ2n) is 3.91. The maximum absolute atomic E-state index is 12.1. The molecular weight excluding hydrogens is 254 g/mol. The summed E-state index contributed by atoms with van der Waals surface area (Å²) in [4.78, 5) is 14.1. The van der Waals surface area contributed by atoms with Gasteiger partial charge in [-0.15, -0.1) is 0 Å². The largest absolute Gasteiger partial charge is 0.339 e. The van der Waals surface area contributed by atoms with Crippen molar-refractivity contribution < 1.29 is 4.79 Å². The second-order valence-corrected chi connectivity index (χ2v) is 4.77. The van der Waals surface area contributed by atoms with Gasteiger partial charge in [0.15, 0.2) is 0 Å². The van der Waals surface area contributed by atoms with Gasteiger partial charge in [0.2, 0.25) is 0 Å². The van der Waals surface area contributed by atoms with E-state index in [0.29, 0.717) is 0 Å². The number of amides is 1. The highest BCUT2D eigenvalue weighted by Gasteiger charge is 2.21. The third kappa shape index (κ3) is 2.07. The minimum atomic E-state index is 0.173. The predicted molar refractivity (Wildman–Crippen MR) is 64.0 cm³/mol. The van der Waals surface area contributed by atoms with Crippen LogP contribution in [0, 0.1) is 6.92 Å². The zero-order chi connectivity index (χ0) is 10.8. The molecular formula is C12H14BrNO. The Morgan fingerprint density at radius 1 is 1.33 bits per heavy atom. The molecule has 1 aromatic carbocycles. The average Bonchev–Trinajstić information content (AvgIpc) is 2.74. The highest BCUT2D eigenvalue weighted by molar-refractivity contribution is 9.10. The quantitative estimate of drug-likeness (QED) is 0.766. The maximum Gasteiger partial charge on any atom is 0.254 e. The van der Waals surface area contributed by atoms with Crippen LogP contribution in [0.3, 0.4) is 0 Å². The van der Waals surface area contributed by atoms with Gasteiger partial charge in [0, 0.05) is 23.1 Å². The molecule has 0 bridgehead atoms. The van der Waals surface area contributed by atoms with Crippen molar-refractivity contribution >= 4 is 21.8 Å². The summed E-state index contributed by atoms with van der Waals surface area (Å²) < 4.78 is 1.01. The van der Waals surface area contributed by atoms with E-state index in [1.807, 2.05) is 30.0 Å². The number of carbonyl (C=O) groups is 1. The zero-order valence-electron chi connectivity index (χ0n) is 8.79. The molecule has 0 saturated carbocycles. The molecule has 1 fully saturated rings. The Balaban J connectivity index is 2.28. The number of benzene rings is 1. The van der Waals surface area contributed by atoms with E-state index in [1.54, 1.807) is 0 Å². The van der Waals surface area contributed by atoms with Gasteiger partial charge in [-0.1, -0.05) is 22.0 Å². The van der Waals surface area contributed by atoms with E-state index in [1.165, 1.54) is 0 Å². The van der Waals surface area contributed by atoms with Crippen LogP contribution >= 0.6 is 15.9 Å². The highest BCUT2D eigenvalue weighted by atomic mass is 79.9. The number of nitrogens with zero attached hydrogens (tertiary/aromatic N) is 1. The van der Waals surface area contributed by atoms with Crippen molar-refractivity contribution in [3.8, 4) is 0 Å². The van der Waals surface area contributed by atoms with Crippen molar-refractivity contribution in [2.75, 3.05) is 13.1 Å². The summed E-state index contributed by atoms with van der Waals surface area (Å²) in [5, 5.41) is 0. The lowest BCUT2D eigenvalue weighted by molar-refractivity contribution is 0.0792. The molecule has 0 radical (unpaired) electrons. The highest BCUT2D eigenvalue weighted by Crippen LogP contribution is 2.22. The normalized spacial score (nSPS) is 15.7. The molecule has 0 spiro atoms. The summed E-state index contributed by atoms with van der Waals surface area (Å²) in [5.74, 6) is 0.173. The fraction of sp³-hybridized carbons (Fsp3) is 0.417. The Labute approximate surface area is 98.4 Å². The van der Waals surface area contributed by atoms with Crippen LogP contribution in [0.5, 0.6) is 0 Å². The van der Waals surface area contributed by atoms with Crippen molar-refractivity contribution in [2.45, 2.75) is 19.8 Å². The lowest BCUT2D eigenvalue weighted by Crippen LogP contribution is -2.28. The van der Waals surface area contributed by atoms with Gasteiger partial charge in [-0.2, -0.15) is 0 Å². The lowest BCUT2D eigenvalue weighted by atomic mass is 10.1. The van der Waals surface area contributed by atoms with Gasteiger partial charge >= 0.3 is 0 Å². The minimum Gasteiger partial charge on any atom is -0.339 e. The van der Waals surface area contributed by atoms with Crippen LogP contribution in [0.4, 0.5) is 0 Å². The van der Waals surface area contributed by atoms with E-state index in [2.05, 4.69) is 15.9 Å². The van der Waals surface area contributed by atoms with E-state index in [9.17, 15) is 4.79 Å². The monoisotopic (exact) mass is 267 g/mol. The van der Waals surface area contributed by atoms with Crippen LogP contribution in [0.2, 0.25) is 0 Å². The van der Waals surface area contributed by atoms with Gasteiger partial charge in [0.05, 0.1) is 0 Å². The first-order chi connectivity index (χ1) is 7.20. The summed E-state index contributed by atoms with van der Waals surface area (Å²) in [7, 11) is 0. The van der Waals surface area contributed by atoms with Gasteiger partial charge in [0.25, 0.3) is 5.91 Å². The first-order valence-electron chi connectivity index (χ1n) is 5.24. The number of hydrogen-bond acceptors (Lipinski definition) is 1. The molecule has 0 atom stereocenters. The van der Waals surface area contributed by atoms with E-state index in [0.717, 1.165) is 41.5 Å². The van der Waals surface area contributed by atoms with Crippen molar-refractivity contribution in [3.63, 3.8) is 0 Å². The van der Waals surface area contributed by atoms with E-state index in [4.69, 9.17) is 0 Å².